The highest BCUT2D eigenvalue weighted by molar-refractivity contribution is 5.45. The fourth-order valence-corrected chi connectivity index (χ4v) is 4.77. The van der Waals surface area contributed by atoms with Gasteiger partial charge < -0.3 is 0 Å². The molecule has 0 N–H and O–H groups in total. The van der Waals surface area contributed by atoms with E-state index >= 15 is 0 Å². The summed E-state index contributed by atoms with van der Waals surface area (Å²) >= 11 is 0. The molecule has 2 aliphatic rings. The standard InChI is InChI=1S/C26H31N/c1-3-19(17-27)13-18(2)26-16-21(15-24-5-4-6-25(24)26)14-20-7-9-22(10-8-20)23-11-12-23/h7-10,15-16,18-19,23H,3-6,11-14H2,1-2H3. The summed E-state index contributed by atoms with van der Waals surface area (Å²) in [4.78, 5) is 0. The molecule has 2 aromatic carbocycles. The van der Waals surface area contributed by atoms with Crippen molar-refractivity contribution >= 4 is 0 Å². The number of rotatable bonds is 7. The van der Waals surface area contributed by atoms with E-state index in [1.165, 1.54) is 54.4 Å². The predicted molar refractivity (Wildman–Crippen MR) is 112 cm³/mol. The fourth-order valence-electron chi connectivity index (χ4n) is 4.77. The van der Waals surface area contributed by atoms with E-state index in [9.17, 15) is 5.26 Å². The van der Waals surface area contributed by atoms with Gasteiger partial charge in [-0.1, -0.05) is 50.2 Å². The molecule has 0 radical (unpaired) electrons. The first-order chi connectivity index (χ1) is 13.2. The van der Waals surface area contributed by atoms with Gasteiger partial charge in [-0.2, -0.15) is 5.26 Å². The van der Waals surface area contributed by atoms with Gasteiger partial charge in [0.05, 0.1) is 6.07 Å². The minimum Gasteiger partial charge on any atom is -0.198 e. The Labute approximate surface area is 164 Å². The summed E-state index contributed by atoms with van der Waals surface area (Å²) < 4.78 is 0. The second-order valence-corrected chi connectivity index (χ2v) is 8.74. The molecule has 27 heavy (non-hydrogen) atoms. The lowest BCUT2D eigenvalue weighted by atomic mass is 9.84. The molecule has 0 aromatic heterocycles. The summed E-state index contributed by atoms with van der Waals surface area (Å²) in [6.45, 7) is 4.45. The molecule has 1 saturated carbocycles. The summed E-state index contributed by atoms with van der Waals surface area (Å²) in [5, 5.41) is 9.38. The predicted octanol–water partition coefficient (Wildman–Crippen LogP) is 6.69. The van der Waals surface area contributed by atoms with E-state index in [1.54, 1.807) is 11.1 Å². The van der Waals surface area contributed by atoms with Crippen LogP contribution in [-0.2, 0) is 19.3 Å². The Morgan fingerprint density at radius 2 is 1.85 bits per heavy atom. The maximum atomic E-state index is 9.38. The van der Waals surface area contributed by atoms with Crippen molar-refractivity contribution in [1.29, 1.82) is 5.26 Å². The van der Waals surface area contributed by atoms with Crippen LogP contribution >= 0.6 is 0 Å². The van der Waals surface area contributed by atoms with Gasteiger partial charge in [0.15, 0.2) is 0 Å². The van der Waals surface area contributed by atoms with Gasteiger partial charge >= 0.3 is 0 Å². The minimum atomic E-state index is 0.177. The zero-order valence-corrected chi connectivity index (χ0v) is 16.8. The Kier molecular flexibility index (Phi) is 5.35. The summed E-state index contributed by atoms with van der Waals surface area (Å²) in [7, 11) is 0. The van der Waals surface area contributed by atoms with Gasteiger partial charge in [0.1, 0.15) is 0 Å². The number of fused-ring (bicyclic) bond motifs is 1. The van der Waals surface area contributed by atoms with Crippen molar-refractivity contribution in [3.63, 3.8) is 0 Å². The van der Waals surface area contributed by atoms with Crippen molar-refractivity contribution in [3.05, 3.63) is 69.8 Å². The molecule has 140 valence electrons. The molecule has 0 aliphatic heterocycles. The van der Waals surface area contributed by atoms with Gasteiger partial charge in [0, 0.05) is 5.92 Å². The van der Waals surface area contributed by atoms with Crippen molar-refractivity contribution in [2.75, 3.05) is 0 Å². The van der Waals surface area contributed by atoms with Crippen molar-refractivity contribution in [2.24, 2.45) is 5.92 Å². The quantitative estimate of drug-likeness (QED) is 0.541. The second kappa shape index (κ2) is 7.89. The molecular weight excluding hydrogens is 326 g/mol. The number of aryl methyl sites for hydroxylation is 1. The van der Waals surface area contributed by atoms with E-state index in [1.807, 2.05) is 0 Å². The molecule has 2 aliphatic carbocycles. The molecule has 2 unspecified atom stereocenters. The molecule has 4 rings (SSSR count). The lowest BCUT2D eigenvalue weighted by Gasteiger charge is -2.20. The highest BCUT2D eigenvalue weighted by atomic mass is 14.3. The maximum absolute atomic E-state index is 9.38. The van der Waals surface area contributed by atoms with Crippen LogP contribution < -0.4 is 0 Å². The zero-order chi connectivity index (χ0) is 18.8. The number of benzene rings is 2. The van der Waals surface area contributed by atoms with E-state index in [0.717, 1.165) is 25.2 Å². The highest BCUT2D eigenvalue weighted by Crippen LogP contribution is 2.40. The third-order valence-electron chi connectivity index (χ3n) is 6.59. The largest absolute Gasteiger partial charge is 0.198 e. The number of hydrogen-bond acceptors (Lipinski definition) is 1. The first kappa shape index (κ1) is 18.3. The molecule has 0 spiro atoms. The van der Waals surface area contributed by atoms with Crippen LogP contribution in [0.15, 0.2) is 36.4 Å². The summed E-state index contributed by atoms with van der Waals surface area (Å²) in [6.07, 6.45) is 9.42. The van der Waals surface area contributed by atoms with Gasteiger partial charge in [-0.25, -0.2) is 0 Å². The van der Waals surface area contributed by atoms with Crippen molar-refractivity contribution in [1.82, 2.24) is 0 Å². The molecule has 0 saturated heterocycles. The minimum absolute atomic E-state index is 0.177. The van der Waals surface area contributed by atoms with E-state index in [-0.39, 0.29) is 5.92 Å². The third-order valence-corrected chi connectivity index (χ3v) is 6.59. The first-order valence-electron chi connectivity index (χ1n) is 10.8. The SMILES string of the molecule is CCC(C#N)CC(C)c1cc(Cc2ccc(C3CC3)cc2)cc2c1CCC2. The van der Waals surface area contributed by atoms with Gasteiger partial charge in [0.2, 0.25) is 0 Å². The van der Waals surface area contributed by atoms with E-state index in [0.29, 0.717) is 5.92 Å². The van der Waals surface area contributed by atoms with E-state index in [2.05, 4.69) is 56.3 Å². The maximum Gasteiger partial charge on any atom is 0.0655 e. The van der Waals surface area contributed by atoms with Crippen LogP contribution in [0.5, 0.6) is 0 Å². The molecule has 1 heteroatoms. The normalized spacial score (nSPS) is 18.0. The molecule has 0 bridgehead atoms. The molecule has 0 heterocycles. The van der Waals surface area contributed by atoms with Crippen molar-refractivity contribution in [3.8, 4) is 6.07 Å². The Bertz CT molecular complexity index is 836. The van der Waals surface area contributed by atoms with E-state index < -0.39 is 0 Å². The van der Waals surface area contributed by atoms with Gasteiger partial charge in [-0.3, -0.25) is 0 Å². The molecular formula is C26H31N. The first-order valence-corrected chi connectivity index (χ1v) is 10.8. The van der Waals surface area contributed by atoms with Crippen LogP contribution in [0.25, 0.3) is 0 Å². The van der Waals surface area contributed by atoms with Crippen LogP contribution in [-0.4, -0.2) is 0 Å². The number of nitriles is 1. The monoisotopic (exact) mass is 357 g/mol. The van der Waals surface area contributed by atoms with Crippen LogP contribution in [0.2, 0.25) is 0 Å². The molecule has 0 amide bonds. The topological polar surface area (TPSA) is 23.8 Å². The van der Waals surface area contributed by atoms with Gasteiger partial charge in [-0.15, -0.1) is 0 Å². The van der Waals surface area contributed by atoms with Crippen molar-refractivity contribution < 1.29 is 0 Å². The van der Waals surface area contributed by atoms with Crippen LogP contribution in [0.4, 0.5) is 0 Å². The summed E-state index contributed by atoms with van der Waals surface area (Å²) in [5.74, 6) is 1.48. The van der Waals surface area contributed by atoms with Crippen LogP contribution in [0, 0.1) is 17.2 Å². The fraction of sp³-hybridized carbons (Fsp3) is 0.500. The lowest BCUT2D eigenvalue weighted by molar-refractivity contribution is 0.524. The van der Waals surface area contributed by atoms with Gasteiger partial charge in [-0.05, 0) is 96.6 Å². The van der Waals surface area contributed by atoms with Crippen LogP contribution in [0.3, 0.4) is 0 Å². The summed E-state index contributed by atoms with van der Waals surface area (Å²) in [5.41, 5.74) is 9.05. The zero-order valence-electron chi connectivity index (χ0n) is 16.8. The smallest absolute Gasteiger partial charge is 0.0655 e. The molecule has 2 atom stereocenters. The second-order valence-electron chi connectivity index (χ2n) is 8.74. The summed E-state index contributed by atoms with van der Waals surface area (Å²) in [6, 6.07) is 16.7. The van der Waals surface area contributed by atoms with E-state index in [4.69, 9.17) is 0 Å². The Hall–Kier alpha value is -2.07. The molecule has 2 aromatic rings. The van der Waals surface area contributed by atoms with Gasteiger partial charge in [0.25, 0.3) is 0 Å². The molecule has 1 fully saturated rings. The lowest BCUT2D eigenvalue weighted by Crippen LogP contribution is -2.07. The average molecular weight is 358 g/mol. The Balaban J connectivity index is 1.57. The average Bonchev–Trinajstić information content (AvgIpc) is 3.43. The highest BCUT2D eigenvalue weighted by Gasteiger charge is 2.23. The number of nitrogens with zero attached hydrogens (tertiary/aromatic N) is 1. The Morgan fingerprint density at radius 3 is 2.52 bits per heavy atom. The third kappa shape index (κ3) is 4.11. The van der Waals surface area contributed by atoms with Crippen LogP contribution in [0.1, 0.15) is 91.2 Å². The Morgan fingerprint density at radius 1 is 1.07 bits per heavy atom. The molecule has 1 nitrogen and oxygen atoms in total. The number of hydrogen-bond donors (Lipinski definition) is 0. The van der Waals surface area contributed by atoms with Crippen molar-refractivity contribution in [2.45, 2.75) is 77.0 Å².